The van der Waals surface area contributed by atoms with Gasteiger partial charge in [-0.1, -0.05) is 6.42 Å². The summed E-state index contributed by atoms with van der Waals surface area (Å²) in [5.74, 6) is -0.604. The second-order valence-electron chi connectivity index (χ2n) is 4.66. The van der Waals surface area contributed by atoms with E-state index in [1.807, 2.05) is 0 Å². The van der Waals surface area contributed by atoms with E-state index < -0.39 is 5.97 Å². The minimum atomic E-state index is -1.03. The maximum atomic E-state index is 11.7. The van der Waals surface area contributed by atoms with E-state index in [0.717, 1.165) is 12.8 Å². The van der Waals surface area contributed by atoms with E-state index in [0.29, 0.717) is 18.0 Å². The number of aromatic carboxylic acids is 1. The van der Waals surface area contributed by atoms with Crippen LogP contribution < -0.4 is 11.1 Å². The second kappa shape index (κ2) is 5.08. The first-order valence-corrected chi connectivity index (χ1v) is 5.99. The van der Waals surface area contributed by atoms with Crippen molar-refractivity contribution < 1.29 is 14.7 Å². The van der Waals surface area contributed by atoms with Gasteiger partial charge in [0.05, 0.1) is 16.9 Å². The molecule has 5 nitrogen and oxygen atoms in total. The lowest BCUT2D eigenvalue weighted by Gasteiger charge is -2.24. The molecule has 1 aliphatic carbocycles. The maximum absolute atomic E-state index is 11.7. The standard InChI is InChI=1S/C13H16N2O3/c14-10-7-9(13(17)18)4-5-11(10)15-12(16)6-8-2-1-3-8/h4-5,7-8H,1-3,6,14H2,(H,15,16)(H,17,18). The summed E-state index contributed by atoms with van der Waals surface area (Å²) in [7, 11) is 0. The summed E-state index contributed by atoms with van der Waals surface area (Å²) in [6.07, 6.45) is 3.94. The molecule has 1 aliphatic rings. The van der Waals surface area contributed by atoms with Gasteiger partial charge in [-0.2, -0.15) is 0 Å². The van der Waals surface area contributed by atoms with E-state index in [-0.39, 0.29) is 17.2 Å². The fourth-order valence-corrected chi connectivity index (χ4v) is 1.97. The van der Waals surface area contributed by atoms with Crippen LogP contribution in [0.3, 0.4) is 0 Å². The van der Waals surface area contributed by atoms with Crippen LogP contribution >= 0.6 is 0 Å². The SMILES string of the molecule is Nc1cc(C(=O)O)ccc1NC(=O)CC1CCC1. The average Bonchev–Trinajstić information content (AvgIpc) is 2.26. The fourth-order valence-electron chi connectivity index (χ4n) is 1.97. The van der Waals surface area contributed by atoms with Crippen molar-refractivity contribution in [2.45, 2.75) is 25.7 Å². The predicted octanol–water partition coefficient (Wildman–Crippen LogP) is 2.10. The molecule has 0 spiro atoms. The van der Waals surface area contributed by atoms with Crippen molar-refractivity contribution in [1.29, 1.82) is 0 Å². The van der Waals surface area contributed by atoms with Gasteiger partial charge in [0.2, 0.25) is 5.91 Å². The zero-order valence-electron chi connectivity index (χ0n) is 9.98. The number of carboxylic acids is 1. The number of nitrogens with two attached hydrogens (primary N) is 1. The molecule has 1 amide bonds. The van der Waals surface area contributed by atoms with Crippen LogP contribution in [-0.2, 0) is 4.79 Å². The van der Waals surface area contributed by atoms with Gasteiger partial charge >= 0.3 is 5.97 Å². The van der Waals surface area contributed by atoms with E-state index in [9.17, 15) is 9.59 Å². The lowest BCUT2D eigenvalue weighted by molar-refractivity contribution is -0.117. The highest BCUT2D eigenvalue weighted by Gasteiger charge is 2.21. The van der Waals surface area contributed by atoms with Gasteiger partial charge in [-0.15, -0.1) is 0 Å². The molecule has 96 valence electrons. The van der Waals surface area contributed by atoms with Crippen molar-refractivity contribution in [3.05, 3.63) is 23.8 Å². The van der Waals surface area contributed by atoms with Crippen molar-refractivity contribution in [3.63, 3.8) is 0 Å². The molecule has 0 bridgehead atoms. The summed E-state index contributed by atoms with van der Waals surface area (Å²) in [5.41, 5.74) is 6.57. The summed E-state index contributed by atoms with van der Waals surface area (Å²) in [6.45, 7) is 0. The smallest absolute Gasteiger partial charge is 0.335 e. The Bertz CT molecular complexity index is 481. The number of hydrogen-bond acceptors (Lipinski definition) is 3. The van der Waals surface area contributed by atoms with Crippen LogP contribution in [0.4, 0.5) is 11.4 Å². The van der Waals surface area contributed by atoms with E-state index in [2.05, 4.69) is 5.32 Å². The Morgan fingerprint density at radius 2 is 2.11 bits per heavy atom. The number of nitrogen functional groups attached to an aromatic ring is 1. The number of benzene rings is 1. The molecule has 1 fully saturated rings. The summed E-state index contributed by atoms with van der Waals surface area (Å²) in [4.78, 5) is 22.4. The van der Waals surface area contributed by atoms with Gasteiger partial charge in [0.25, 0.3) is 0 Å². The molecule has 2 rings (SSSR count). The number of anilines is 2. The Hall–Kier alpha value is -2.04. The van der Waals surface area contributed by atoms with Gasteiger partial charge < -0.3 is 16.2 Å². The number of rotatable bonds is 4. The van der Waals surface area contributed by atoms with E-state index in [4.69, 9.17) is 10.8 Å². The molecule has 18 heavy (non-hydrogen) atoms. The second-order valence-corrected chi connectivity index (χ2v) is 4.66. The van der Waals surface area contributed by atoms with Crippen molar-refractivity contribution in [3.8, 4) is 0 Å². The molecule has 0 atom stereocenters. The normalized spacial score (nSPS) is 14.9. The molecule has 0 saturated heterocycles. The number of nitrogens with one attached hydrogen (secondary N) is 1. The molecule has 0 heterocycles. The van der Waals surface area contributed by atoms with Crippen molar-refractivity contribution in [2.75, 3.05) is 11.1 Å². The number of hydrogen-bond donors (Lipinski definition) is 3. The van der Waals surface area contributed by atoms with Crippen molar-refractivity contribution in [1.82, 2.24) is 0 Å². The largest absolute Gasteiger partial charge is 0.478 e. The molecule has 4 N–H and O–H groups in total. The summed E-state index contributed by atoms with van der Waals surface area (Å²) in [6, 6.07) is 4.30. The molecule has 1 aromatic carbocycles. The Morgan fingerprint density at radius 1 is 1.39 bits per heavy atom. The minimum Gasteiger partial charge on any atom is -0.478 e. The van der Waals surface area contributed by atoms with E-state index in [1.54, 1.807) is 0 Å². The number of carbonyl (C=O) groups excluding carboxylic acids is 1. The predicted molar refractivity (Wildman–Crippen MR) is 68.4 cm³/mol. The average molecular weight is 248 g/mol. The highest BCUT2D eigenvalue weighted by molar-refractivity contribution is 5.96. The Labute approximate surface area is 105 Å². The Morgan fingerprint density at radius 3 is 2.61 bits per heavy atom. The van der Waals surface area contributed by atoms with E-state index >= 15 is 0 Å². The van der Waals surface area contributed by atoms with E-state index in [1.165, 1.54) is 24.6 Å². The first-order valence-electron chi connectivity index (χ1n) is 5.99. The molecule has 1 aromatic rings. The molecule has 0 aliphatic heterocycles. The lowest BCUT2D eigenvalue weighted by atomic mass is 9.83. The lowest BCUT2D eigenvalue weighted by Crippen LogP contribution is -2.21. The van der Waals surface area contributed by atoms with Crippen molar-refractivity contribution in [2.24, 2.45) is 5.92 Å². The highest BCUT2D eigenvalue weighted by Crippen LogP contribution is 2.30. The molecule has 0 radical (unpaired) electrons. The number of amides is 1. The quantitative estimate of drug-likeness (QED) is 0.711. The Balaban J connectivity index is 2.00. The van der Waals surface area contributed by atoms with Gasteiger partial charge in [0.1, 0.15) is 0 Å². The topological polar surface area (TPSA) is 92.4 Å². The summed E-state index contributed by atoms with van der Waals surface area (Å²) in [5, 5.41) is 11.5. The molecule has 0 unspecified atom stereocenters. The summed E-state index contributed by atoms with van der Waals surface area (Å²) >= 11 is 0. The summed E-state index contributed by atoms with van der Waals surface area (Å²) < 4.78 is 0. The van der Waals surface area contributed by atoms with Crippen LogP contribution in [0.2, 0.25) is 0 Å². The molecule has 5 heteroatoms. The minimum absolute atomic E-state index is 0.0607. The third-order valence-corrected chi connectivity index (χ3v) is 3.27. The number of carboxylic acid groups (broad SMARTS) is 1. The molecular weight excluding hydrogens is 232 g/mol. The van der Waals surface area contributed by atoms with Gasteiger partial charge in [-0.3, -0.25) is 4.79 Å². The van der Waals surface area contributed by atoms with Crippen LogP contribution in [0.15, 0.2) is 18.2 Å². The maximum Gasteiger partial charge on any atom is 0.335 e. The first kappa shape index (κ1) is 12.4. The van der Waals surface area contributed by atoms with Crippen LogP contribution in [0.5, 0.6) is 0 Å². The molecular formula is C13H16N2O3. The van der Waals surface area contributed by atoms with Crippen LogP contribution in [0.1, 0.15) is 36.0 Å². The van der Waals surface area contributed by atoms with Crippen LogP contribution in [0.25, 0.3) is 0 Å². The van der Waals surface area contributed by atoms with Crippen LogP contribution in [-0.4, -0.2) is 17.0 Å². The first-order chi connectivity index (χ1) is 8.56. The van der Waals surface area contributed by atoms with Crippen LogP contribution in [0, 0.1) is 5.92 Å². The Kier molecular flexibility index (Phi) is 3.50. The van der Waals surface area contributed by atoms with Gasteiger partial charge in [-0.05, 0) is 37.0 Å². The highest BCUT2D eigenvalue weighted by atomic mass is 16.4. The monoisotopic (exact) mass is 248 g/mol. The zero-order valence-corrected chi connectivity index (χ0v) is 9.98. The molecule has 1 saturated carbocycles. The zero-order chi connectivity index (χ0) is 13.1. The van der Waals surface area contributed by atoms with Crippen molar-refractivity contribution >= 4 is 23.3 Å². The third-order valence-electron chi connectivity index (χ3n) is 3.27. The number of carbonyl (C=O) groups is 2. The third kappa shape index (κ3) is 2.80. The fraction of sp³-hybridized carbons (Fsp3) is 0.385. The van der Waals surface area contributed by atoms with Gasteiger partial charge in [-0.25, -0.2) is 4.79 Å². The van der Waals surface area contributed by atoms with Gasteiger partial charge in [0.15, 0.2) is 0 Å². The van der Waals surface area contributed by atoms with Gasteiger partial charge in [0, 0.05) is 6.42 Å². The molecule has 0 aromatic heterocycles.